The standard InChI is InChI=1S/C13H21NO2/c1-2-4-12(5-3-1)14-8-6-13(7-9-14)15-10-11-16-13/h2,4,12H,1,3,5-11H2. The van der Waals surface area contributed by atoms with E-state index in [9.17, 15) is 0 Å². The first-order chi connectivity index (χ1) is 7.88. The van der Waals surface area contributed by atoms with Crippen molar-refractivity contribution in [1.29, 1.82) is 0 Å². The lowest BCUT2D eigenvalue weighted by molar-refractivity contribution is -0.187. The van der Waals surface area contributed by atoms with Gasteiger partial charge in [0.05, 0.1) is 13.2 Å². The molecule has 2 heterocycles. The van der Waals surface area contributed by atoms with E-state index in [1.807, 2.05) is 0 Å². The van der Waals surface area contributed by atoms with Crippen molar-refractivity contribution in [1.82, 2.24) is 4.90 Å². The molecule has 0 saturated carbocycles. The average molecular weight is 223 g/mol. The molecular weight excluding hydrogens is 202 g/mol. The van der Waals surface area contributed by atoms with Crippen molar-refractivity contribution in [3.63, 3.8) is 0 Å². The molecule has 0 amide bonds. The fourth-order valence-electron chi connectivity index (χ4n) is 3.08. The Kier molecular flexibility index (Phi) is 3.01. The van der Waals surface area contributed by atoms with E-state index in [0.29, 0.717) is 6.04 Å². The third-order valence-corrected chi connectivity index (χ3v) is 4.07. The van der Waals surface area contributed by atoms with Gasteiger partial charge in [0.2, 0.25) is 0 Å². The Labute approximate surface area is 97.4 Å². The molecule has 3 rings (SSSR count). The Morgan fingerprint density at radius 3 is 2.50 bits per heavy atom. The maximum Gasteiger partial charge on any atom is 0.170 e. The molecule has 2 aliphatic heterocycles. The molecule has 1 atom stereocenters. The van der Waals surface area contributed by atoms with Crippen LogP contribution in [0.5, 0.6) is 0 Å². The number of allylic oxidation sites excluding steroid dienone is 1. The number of hydrogen-bond acceptors (Lipinski definition) is 3. The topological polar surface area (TPSA) is 21.7 Å². The predicted molar refractivity (Wildman–Crippen MR) is 62.2 cm³/mol. The zero-order valence-electron chi connectivity index (χ0n) is 9.86. The van der Waals surface area contributed by atoms with Crippen molar-refractivity contribution in [2.45, 2.75) is 43.9 Å². The highest BCUT2D eigenvalue weighted by molar-refractivity contribution is 5.00. The molecule has 3 nitrogen and oxygen atoms in total. The minimum Gasteiger partial charge on any atom is -0.347 e. The molecule has 90 valence electrons. The lowest BCUT2D eigenvalue weighted by Crippen LogP contribution is -2.48. The molecule has 0 N–H and O–H groups in total. The van der Waals surface area contributed by atoms with Crippen molar-refractivity contribution in [3.05, 3.63) is 12.2 Å². The molecule has 16 heavy (non-hydrogen) atoms. The van der Waals surface area contributed by atoms with E-state index >= 15 is 0 Å². The lowest BCUT2D eigenvalue weighted by atomic mass is 9.96. The number of ether oxygens (including phenoxy) is 2. The van der Waals surface area contributed by atoms with Crippen molar-refractivity contribution in [2.75, 3.05) is 26.3 Å². The zero-order valence-corrected chi connectivity index (χ0v) is 9.86. The number of rotatable bonds is 1. The molecule has 0 bridgehead atoms. The van der Waals surface area contributed by atoms with Gasteiger partial charge in [-0.15, -0.1) is 0 Å². The van der Waals surface area contributed by atoms with Crippen LogP contribution >= 0.6 is 0 Å². The van der Waals surface area contributed by atoms with E-state index < -0.39 is 0 Å². The Morgan fingerprint density at radius 2 is 1.88 bits per heavy atom. The smallest absolute Gasteiger partial charge is 0.170 e. The van der Waals surface area contributed by atoms with Gasteiger partial charge in [-0.1, -0.05) is 12.2 Å². The fourth-order valence-corrected chi connectivity index (χ4v) is 3.08. The second-order valence-electron chi connectivity index (χ2n) is 5.07. The van der Waals surface area contributed by atoms with E-state index in [-0.39, 0.29) is 5.79 Å². The lowest BCUT2D eigenvalue weighted by Gasteiger charge is -2.41. The molecule has 3 heteroatoms. The van der Waals surface area contributed by atoms with Gasteiger partial charge >= 0.3 is 0 Å². The summed E-state index contributed by atoms with van der Waals surface area (Å²) < 4.78 is 11.5. The average Bonchev–Trinajstić information content (AvgIpc) is 2.80. The second kappa shape index (κ2) is 4.47. The highest BCUT2D eigenvalue weighted by Gasteiger charge is 2.40. The SMILES string of the molecule is C1=CC(N2CCC3(CC2)OCCO3)CCC1. The first kappa shape index (κ1) is 10.8. The summed E-state index contributed by atoms with van der Waals surface area (Å²) in [5.74, 6) is -0.213. The predicted octanol–water partition coefficient (Wildman–Crippen LogP) is 1.93. The molecule has 0 radical (unpaired) electrons. The van der Waals surface area contributed by atoms with Crippen LogP contribution in [-0.2, 0) is 9.47 Å². The van der Waals surface area contributed by atoms with Crippen molar-refractivity contribution in [2.24, 2.45) is 0 Å². The van der Waals surface area contributed by atoms with Crippen LogP contribution in [0, 0.1) is 0 Å². The van der Waals surface area contributed by atoms with Gasteiger partial charge in [0.1, 0.15) is 0 Å². The van der Waals surface area contributed by atoms with Crippen molar-refractivity contribution in [3.8, 4) is 0 Å². The summed E-state index contributed by atoms with van der Waals surface area (Å²) in [6.45, 7) is 3.80. The van der Waals surface area contributed by atoms with Gasteiger partial charge in [0.15, 0.2) is 5.79 Å². The van der Waals surface area contributed by atoms with Crippen LogP contribution in [0.1, 0.15) is 32.1 Å². The largest absolute Gasteiger partial charge is 0.347 e. The Morgan fingerprint density at radius 1 is 1.12 bits per heavy atom. The Balaban J connectivity index is 1.57. The second-order valence-corrected chi connectivity index (χ2v) is 5.07. The highest BCUT2D eigenvalue weighted by atomic mass is 16.7. The monoisotopic (exact) mass is 223 g/mol. The third kappa shape index (κ3) is 2.04. The Bertz CT molecular complexity index is 261. The molecule has 1 aliphatic carbocycles. The highest BCUT2D eigenvalue weighted by Crippen LogP contribution is 2.33. The summed E-state index contributed by atoms with van der Waals surface area (Å²) >= 11 is 0. The van der Waals surface area contributed by atoms with Crippen LogP contribution in [0.15, 0.2) is 12.2 Å². The molecule has 3 aliphatic rings. The third-order valence-electron chi connectivity index (χ3n) is 4.07. The molecular formula is C13H21NO2. The van der Waals surface area contributed by atoms with Gasteiger partial charge in [-0.25, -0.2) is 0 Å². The summed E-state index contributed by atoms with van der Waals surface area (Å²) in [7, 11) is 0. The van der Waals surface area contributed by atoms with Crippen LogP contribution in [0.4, 0.5) is 0 Å². The molecule has 0 aromatic carbocycles. The summed E-state index contributed by atoms with van der Waals surface area (Å²) in [5, 5.41) is 0. The van der Waals surface area contributed by atoms with E-state index in [0.717, 1.165) is 39.1 Å². The maximum absolute atomic E-state index is 5.75. The first-order valence-corrected chi connectivity index (χ1v) is 6.57. The fraction of sp³-hybridized carbons (Fsp3) is 0.846. The minimum absolute atomic E-state index is 0.213. The van der Waals surface area contributed by atoms with E-state index in [1.54, 1.807) is 0 Å². The van der Waals surface area contributed by atoms with Crippen molar-refractivity contribution >= 4 is 0 Å². The quantitative estimate of drug-likeness (QED) is 0.634. The number of piperidine rings is 1. The summed E-state index contributed by atoms with van der Waals surface area (Å²) in [5.41, 5.74) is 0. The van der Waals surface area contributed by atoms with Gasteiger partial charge in [-0.3, -0.25) is 4.90 Å². The molecule has 2 saturated heterocycles. The number of nitrogens with zero attached hydrogens (tertiary/aromatic N) is 1. The normalized spacial score (nSPS) is 34.6. The summed E-state index contributed by atoms with van der Waals surface area (Å²) in [6.07, 6.45) is 10.7. The van der Waals surface area contributed by atoms with Crippen LogP contribution in [0.3, 0.4) is 0 Å². The van der Waals surface area contributed by atoms with E-state index in [2.05, 4.69) is 17.1 Å². The molecule has 1 unspecified atom stereocenters. The first-order valence-electron chi connectivity index (χ1n) is 6.57. The molecule has 0 aromatic rings. The van der Waals surface area contributed by atoms with Crippen LogP contribution in [-0.4, -0.2) is 43.0 Å². The van der Waals surface area contributed by atoms with Crippen molar-refractivity contribution < 1.29 is 9.47 Å². The minimum atomic E-state index is -0.213. The van der Waals surface area contributed by atoms with Gasteiger partial charge in [-0.2, -0.15) is 0 Å². The summed E-state index contributed by atoms with van der Waals surface area (Å²) in [6, 6.07) is 0.674. The van der Waals surface area contributed by atoms with Gasteiger partial charge in [0, 0.05) is 32.0 Å². The molecule has 2 fully saturated rings. The van der Waals surface area contributed by atoms with Gasteiger partial charge in [0.25, 0.3) is 0 Å². The number of likely N-dealkylation sites (tertiary alicyclic amines) is 1. The van der Waals surface area contributed by atoms with E-state index in [1.165, 1.54) is 19.3 Å². The number of hydrogen-bond donors (Lipinski definition) is 0. The Hall–Kier alpha value is -0.380. The summed E-state index contributed by atoms with van der Waals surface area (Å²) in [4.78, 5) is 2.59. The molecule has 0 aromatic heterocycles. The zero-order chi connectivity index (χ0) is 10.8. The maximum atomic E-state index is 5.75. The van der Waals surface area contributed by atoms with E-state index in [4.69, 9.17) is 9.47 Å². The van der Waals surface area contributed by atoms with Gasteiger partial charge < -0.3 is 9.47 Å². The molecule has 1 spiro atoms. The van der Waals surface area contributed by atoms with Crippen LogP contribution in [0.2, 0.25) is 0 Å². The van der Waals surface area contributed by atoms with Gasteiger partial charge in [-0.05, 0) is 19.3 Å². The van der Waals surface area contributed by atoms with Crippen LogP contribution < -0.4 is 0 Å². The van der Waals surface area contributed by atoms with Crippen LogP contribution in [0.25, 0.3) is 0 Å².